The lowest BCUT2D eigenvalue weighted by molar-refractivity contribution is 0.604. The molecule has 0 aliphatic rings. The van der Waals surface area contributed by atoms with E-state index in [0.717, 1.165) is 12.0 Å². The van der Waals surface area contributed by atoms with Gasteiger partial charge >= 0.3 is 0 Å². The van der Waals surface area contributed by atoms with Crippen LogP contribution in [-0.4, -0.2) is 8.42 Å². The Morgan fingerprint density at radius 3 is 2.38 bits per heavy atom. The standard InChI is InChI=1S/C12H13ClO2S/c1-3-10(2)9-12(13)16(14,15)11-7-5-4-6-8-11/h4-8H,3H2,1-2H3. The van der Waals surface area contributed by atoms with Crippen LogP contribution in [0.2, 0.25) is 0 Å². The maximum absolute atomic E-state index is 11.9. The zero-order chi connectivity index (χ0) is 12.2. The highest BCUT2D eigenvalue weighted by atomic mass is 35.5. The molecular weight excluding hydrogens is 244 g/mol. The number of benzene rings is 1. The first-order valence-electron chi connectivity index (χ1n) is 4.90. The fourth-order valence-corrected chi connectivity index (χ4v) is 2.49. The van der Waals surface area contributed by atoms with Crippen LogP contribution in [0.5, 0.6) is 0 Å². The average Bonchev–Trinajstić information content (AvgIpc) is 2.29. The van der Waals surface area contributed by atoms with Crippen molar-refractivity contribution in [2.45, 2.75) is 25.2 Å². The molecule has 2 nitrogen and oxygen atoms in total. The number of halogens is 1. The minimum absolute atomic E-state index is 0.191. The molecule has 0 atom stereocenters. The van der Waals surface area contributed by atoms with Crippen LogP contribution in [0.25, 0.3) is 0 Å². The van der Waals surface area contributed by atoms with E-state index < -0.39 is 9.84 Å². The van der Waals surface area contributed by atoms with E-state index >= 15 is 0 Å². The second kappa shape index (κ2) is 5.35. The summed E-state index contributed by atoms with van der Waals surface area (Å²) in [7, 11) is -3.59. The van der Waals surface area contributed by atoms with Crippen molar-refractivity contribution >= 4 is 21.4 Å². The van der Waals surface area contributed by atoms with Gasteiger partial charge in [-0.3, -0.25) is 0 Å². The van der Waals surface area contributed by atoms with Crippen molar-refractivity contribution < 1.29 is 8.42 Å². The summed E-state index contributed by atoms with van der Waals surface area (Å²) in [4.78, 5) is 0.191. The van der Waals surface area contributed by atoms with E-state index in [1.54, 1.807) is 25.1 Å². The monoisotopic (exact) mass is 256 g/mol. The van der Waals surface area contributed by atoms with Crippen molar-refractivity contribution in [2.24, 2.45) is 0 Å². The Morgan fingerprint density at radius 1 is 1.31 bits per heavy atom. The van der Waals surface area contributed by atoms with E-state index in [4.69, 9.17) is 11.6 Å². The van der Waals surface area contributed by atoms with E-state index in [9.17, 15) is 8.42 Å². The van der Waals surface area contributed by atoms with E-state index in [1.165, 1.54) is 12.1 Å². The molecule has 1 aromatic rings. The van der Waals surface area contributed by atoms with E-state index in [1.807, 2.05) is 6.92 Å². The Labute approximate surface area is 101 Å². The summed E-state index contributed by atoms with van der Waals surface area (Å²) in [5.74, 6) is 0. The molecule has 0 aromatic heterocycles. The van der Waals surface area contributed by atoms with Gasteiger partial charge in [-0.15, -0.1) is 0 Å². The van der Waals surface area contributed by atoms with Crippen LogP contribution in [0.4, 0.5) is 0 Å². The summed E-state index contributed by atoms with van der Waals surface area (Å²) in [6.45, 7) is 3.71. The molecular formula is C12H13ClO2S. The second-order valence-electron chi connectivity index (χ2n) is 3.35. The molecule has 0 aliphatic heterocycles. The van der Waals surface area contributed by atoms with E-state index in [2.05, 4.69) is 5.73 Å². The molecule has 1 aromatic carbocycles. The van der Waals surface area contributed by atoms with Gasteiger partial charge in [0.25, 0.3) is 0 Å². The first kappa shape index (κ1) is 13.0. The van der Waals surface area contributed by atoms with Gasteiger partial charge in [0, 0.05) is 0 Å². The lowest BCUT2D eigenvalue weighted by Crippen LogP contribution is -1.99. The molecule has 0 aliphatic carbocycles. The zero-order valence-corrected chi connectivity index (χ0v) is 10.8. The van der Waals surface area contributed by atoms with Gasteiger partial charge in [0.05, 0.1) is 4.90 Å². The zero-order valence-electron chi connectivity index (χ0n) is 9.20. The fraction of sp³-hybridized carbons (Fsp3) is 0.250. The van der Waals surface area contributed by atoms with Crippen LogP contribution in [0, 0.1) is 0 Å². The first-order chi connectivity index (χ1) is 7.48. The molecule has 0 bridgehead atoms. The van der Waals surface area contributed by atoms with E-state index in [-0.39, 0.29) is 9.26 Å². The van der Waals surface area contributed by atoms with Crippen molar-refractivity contribution in [3.05, 3.63) is 46.0 Å². The summed E-state index contributed by atoms with van der Waals surface area (Å²) >= 11 is 5.78. The van der Waals surface area contributed by atoms with Gasteiger partial charge in [-0.2, -0.15) is 0 Å². The molecule has 16 heavy (non-hydrogen) atoms. The molecule has 0 heterocycles. The highest BCUT2D eigenvalue weighted by Gasteiger charge is 2.18. The Kier molecular flexibility index (Phi) is 4.36. The highest BCUT2D eigenvalue weighted by Crippen LogP contribution is 2.21. The summed E-state index contributed by atoms with van der Waals surface area (Å²) in [6, 6.07) is 8.10. The van der Waals surface area contributed by atoms with Crippen molar-refractivity contribution in [1.29, 1.82) is 0 Å². The van der Waals surface area contributed by atoms with E-state index in [0.29, 0.717) is 0 Å². The quantitative estimate of drug-likeness (QED) is 0.776. The molecule has 4 heteroatoms. The summed E-state index contributed by atoms with van der Waals surface area (Å²) in [5, 5.41) is 0. The largest absolute Gasteiger partial charge is 0.224 e. The van der Waals surface area contributed by atoms with Gasteiger partial charge < -0.3 is 0 Å². The third-order valence-electron chi connectivity index (χ3n) is 2.13. The number of hydrogen-bond donors (Lipinski definition) is 0. The van der Waals surface area contributed by atoms with Gasteiger partial charge in [0.15, 0.2) is 4.36 Å². The minimum Gasteiger partial charge on any atom is -0.217 e. The lowest BCUT2D eigenvalue weighted by Gasteiger charge is -2.00. The van der Waals surface area contributed by atoms with Crippen LogP contribution in [0.3, 0.4) is 0 Å². The Balaban J connectivity index is 3.30. The van der Waals surface area contributed by atoms with Crippen molar-refractivity contribution in [2.75, 3.05) is 0 Å². The SMILES string of the molecule is CCC(C)=C=C(Cl)S(=O)(=O)c1ccccc1. The van der Waals surface area contributed by atoms with Gasteiger partial charge in [-0.25, -0.2) is 8.42 Å². The molecule has 0 N–H and O–H groups in total. The number of allylic oxidation sites excluding steroid dienone is 1. The topological polar surface area (TPSA) is 34.1 Å². The molecule has 0 unspecified atom stereocenters. The maximum atomic E-state index is 11.9. The summed E-state index contributed by atoms with van der Waals surface area (Å²) in [6.07, 6.45) is 0.723. The van der Waals surface area contributed by atoms with Gasteiger partial charge in [0.1, 0.15) is 0 Å². The second-order valence-corrected chi connectivity index (χ2v) is 5.84. The number of sulfone groups is 1. The predicted molar refractivity (Wildman–Crippen MR) is 66.0 cm³/mol. The van der Waals surface area contributed by atoms with Gasteiger partial charge in [-0.05, 0) is 31.1 Å². The Bertz CT molecular complexity index is 523. The minimum atomic E-state index is -3.59. The van der Waals surface area contributed by atoms with Crippen molar-refractivity contribution in [1.82, 2.24) is 0 Å². The molecule has 0 spiro atoms. The smallest absolute Gasteiger partial charge is 0.217 e. The Morgan fingerprint density at radius 2 is 1.88 bits per heavy atom. The predicted octanol–water partition coefficient (Wildman–Crippen LogP) is 3.50. The molecule has 0 radical (unpaired) electrons. The molecule has 0 saturated carbocycles. The lowest BCUT2D eigenvalue weighted by atomic mass is 10.3. The molecule has 0 amide bonds. The fourth-order valence-electron chi connectivity index (χ4n) is 1.03. The van der Waals surface area contributed by atoms with Crippen molar-refractivity contribution in [3.8, 4) is 0 Å². The first-order valence-corrected chi connectivity index (χ1v) is 6.76. The number of rotatable bonds is 3. The van der Waals surface area contributed by atoms with Gasteiger partial charge in [-0.1, -0.05) is 42.5 Å². The van der Waals surface area contributed by atoms with Crippen LogP contribution in [0.15, 0.2) is 50.9 Å². The van der Waals surface area contributed by atoms with Crippen LogP contribution in [0.1, 0.15) is 20.3 Å². The maximum Gasteiger partial charge on any atom is 0.224 e. The van der Waals surface area contributed by atoms with Crippen LogP contribution >= 0.6 is 11.6 Å². The van der Waals surface area contributed by atoms with Crippen molar-refractivity contribution in [3.63, 3.8) is 0 Å². The normalized spacial score (nSPS) is 10.7. The molecule has 0 saturated heterocycles. The third-order valence-corrected chi connectivity index (χ3v) is 4.30. The Hall–Kier alpha value is -1.02. The molecule has 86 valence electrons. The summed E-state index contributed by atoms with van der Waals surface area (Å²) < 4.78 is 23.6. The summed E-state index contributed by atoms with van der Waals surface area (Å²) in [5.41, 5.74) is 3.49. The molecule has 0 fully saturated rings. The van der Waals surface area contributed by atoms with Crippen LogP contribution in [-0.2, 0) is 9.84 Å². The number of hydrogen-bond acceptors (Lipinski definition) is 2. The third kappa shape index (κ3) is 2.99. The molecule has 1 rings (SSSR count). The average molecular weight is 257 g/mol. The van der Waals surface area contributed by atoms with Crippen LogP contribution < -0.4 is 0 Å². The highest BCUT2D eigenvalue weighted by molar-refractivity contribution is 7.96. The van der Waals surface area contributed by atoms with Gasteiger partial charge in [0.2, 0.25) is 9.84 Å².